The lowest BCUT2D eigenvalue weighted by molar-refractivity contribution is 0.141. The molecule has 0 bridgehead atoms. The lowest BCUT2D eigenvalue weighted by Gasteiger charge is -2.14. The lowest BCUT2D eigenvalue weighted by atomic mass is 9.97. The molecule has 1 fully saturated rings. The van der Waals surface area contributed by atoms with Gasteiger partial charge in [0.15, 0.2) is 0 Å². The molecule has 5 heteroatoms. The quantitative estimate of drug-likeness (QED) is 0.933. The molecular formula is C15H19N3OS. The van der Waals surface area contributed by atoms with E-state index in [-0.39, 0.29) is 6.10 Å². The Morgan fingerprint density at radius 3 is 2.85 bits per heavy atom. The predicted molar refractivity (Wildman–Crippen MR) is 79.6 cm³/mol. The molecule has 2 aromatic rings. The summed E-state index contributed by atoms with van der Waals surface area (Å²) in [6.07, 6.45) is 4.29. The standard InChI is InChI=1S/C15H19N3OS/c1-11-17-14(10-20-11)8-18-7-13(15(19)9-18)6-12-2-4-16-5-3-12/h2-5,10,13,15,19H,6-9H2,1H3/t13-,15-/m1/s1. The van der Waals surface area contributed by atoms with E-state index in [9.17, 15) is 5.11 Å². The molecule has 0 amide bonds. The topological polar surface area (TPSA) is 49.2 Å². The van der Waals surface area contributed by atoms with Crippen molar-refractivity contribution < 1.29 is 5.11 Å². The van der Waals surface area contributed by atoms with Gasteiger partial charge in [0.05, 0.1) is 16.8 Å². The zero-order valence-electron chi connectivity index (χ0n) is 11.6. The van der Waals surface area contributed by atoms with E-state index < -0.39 is 0 Å². The van der Waals surface area contributed by atoms with E-state index in [0.717, 1.165) is 36.8 Å². The number of rotatable bonds is 4. The zero-order chi connectivity index (χ0) is 13.9. The van der Waals surface area contributed by atoms with Crippen molar-refractivity contribution >= 4 is 11.3 Å². The van der Waals surface area contributed by atoms with Crippen LogP contribution in [0, 0.1) is 12.8 Å². The molecule has 3 heterocycles. The van der Waals surface area contributed by atoms with Crippen LogP contribution < -0.4 is 0 Å². The van der Waals surface area contributed by atoms with E-state index in [0.29, 0.717) is 5.92 Å². The van der Waals surface area contributed by atoms with Gasteiger partial charge >= 0.3 is 0 Å². The van der Waals surface area contributed by atoms with E-state index in [4.69, 9.17) is 0 Å². The SMILES string of the molecule is Cc1nc(CN2C[C@@H](Cc3ccncc3)[C@H](O)C2)cs1. The number of aliphatic hydroxyl groups is 1. The van der Waals surface area contributed by atoms with Crippen LogP contribution in [0.1, 0.15) is 16.3 Å². The van der Waals surface area contributed by atoms with Crippen molar-refractivity contribution in [3.05, 3.63) is 46.2 Å². The molecule has 4 nitrogen and oxygen atoms in total. The Kier molecular flexibility index (Phi) is 4.10. The average molecular weight is 289 g/mol. The maximum Gasteiger partial charge on any atom is 0.0897 e. The summed E-state index contributed by atoms with van der Waals surface area (Å²) in [5.41, 5.74) is 2.36. The molecule has 0 unspecified atom stereocenters. The highest BCUT2D eigenvalue weighted by atomic mass is 32.1. The third-order valence-corrected chi connectivity index (χ3v) is 4.60. The molecule has 1 saturated heterocycles. The number of aliphatic hydroxyl groups excluding tert-OH is 1. The number of aryl methyl sites for hydroxylation is 1. The highest BCUT2D eigenvalue weighted by Crippen LogP contribution is 2.23. The van der Waals surface area contributed by atoms with Crippen molar-refractivity contribution in [2.24, 2.45) is 5.92 Å². The van der Waals surface area contributed by atoms with Crippen LogP contribution in [-0.2, 0) is 13.0 Å². The van der Waals surface area contributed by atoms with Crippen molar-refractivity contribution in [1.29, 1.82) is 0 Å². The summed E-state index contributed by atoms with van der Waals surface area (Å²) < 4.78 is 0. The van der Waals surface area contributed by atoms with Gasteiger partial charge in [-0.05, 0) is 31.0 Å². The molecule has 1 aliphatic heterocycles. The van der Waals surface area contributed by atoms with Crippen LogP contribution in [-0.4, -0.2) is 39.2 Å². The second kappa shape index (κ2) is 5.99. The molecule has 3 rings (SSSR count). The highest BCUT2D eigenvalue weighted by molar-refractivity contribution is 7.09. The first kappa shape index (κ1) is 13.7. The summed E-state index contributed by atoms with van der Waals surface area (Å²) in [4.78, 5) is 10.8. The molecule has 0 saturated carbocycles. The second-order valence-electron chi connectivity index (χ2n) is 5.44. The molecule has 2 atom stereocenters. The Hall–Kier alpha value is -1.30. The normalized spacial score (nSPS) is 23.3. The Bertz CT molecular complexity index is 557. The largest absolute Gasteiger partial charge is 0.391 e. The van der Waals surface area contributed by atoms with Gasteiger partial charge in [-0.25, -0.2) is 4.98 Å². The molecule has 1 aliphatic rings. The third-order valence-electron chi connectivity index (χ3n) is 3.78. The monoisotopic (exact) mass is 289 g/mol. The highest BCUT2D eigenvalue weighted by Gasteiger charge is 2.31. The first-order valence-electron chi connectivity index (χ1n) is 6.91. The fourth-order valence-electron chi connectivity index (χ4n) is 2.80. The van der Waals surface area contributed by atoms with Crippen molar-refractivity contribution in [2.45, 2.75) is 26.0 Å². The van der Waals surface area contributed by atoms with Crippen molar-refractivity contribution in [1.82, 2.24) is 14.9 Å². The Morgan fingerprint density at radius 2 is 2.15 bits per heavy atom. The molecule has 20 heavy (non-hydrogen) atoms. The van der Waals surface area contributed by atoms with E-state index in [2.05, 4.69) is 20.2 Å². The Labute approximate surface area is 123 Å². The van der Waals surface area contributed by atoms with Gasteiger partial charge in [-0.2, -0.15) is 0 Å². The smallest absolute Gasteiger partial charge is 0.0897 e. The number of pyridine rings is 1. The predicted octanol–water partition coefficient (Wildman–Crippen LogP) is 1.88. The zero-order valence-corrected chi connectivity index (χ0v) is 12.4. The van der Waals surface area contributed by atoms with E-state index in [1.807, 2.05) is 31.5 Å². The first-order chi connectivity index (χ1) is 9.70. The van der Waals surface area contributed by atoms with Crippen LogP contribution in [0.15, 0.2) is 29.9 Å². The summed E-state index contributed by atoms with van der Waals surface area (Å²) in [5, 5.41) is 13.4. The van der Waals surface area contributed by atoms with Crippen LogP contribution >= 0.6 is 11.3 Å². The van der Waals surface area contributed by atoms with E-state index in [1.54, 1.807) is 11.3 Å². The third kappa shape index (κ3) is 3.23. The summed E-state index contributed by atoms with van der Waals surface area (Å²) in [7, 11) is 0. The number of nitrogens with zero attached hydrogens (tertiary/aromatic N) is 3. The molecule has 2 aromatic heterocycles. The van der Waals surface area contributed by atoms with Gasteiger partial charge in [0, 0.05) is 43.3 Å². The summed E-state index contributed by atoms with van der Waals surface area (Å²) in [5.74, 6) is 0.303. The number of thiazole rings is 1. The van der Waals surface area contributed by atoms with Crippen LogP contribution in [0.25, 0.3) is 0 Å². The van der Waals surface area contributed by atoms with Gasteiger partial charge in [-0.15, -0.1) is 11.3 Å². The van der Waals surface area contributed by atoms with Gasteiger partial charge in [-0.1, -0.05) is 0 Å². The number of β-amino-alcohol motifs (C(OH)–C–C–N with tert-alkyl or cyclic N) is 1. The second-order valence-corrected chi connectivity index (χ2v) is 6.50. The number of hydrogen-bond acceptors (Lipinski definition) is 5. The lowest BCUT2D eigenvalue weighted by Crippen LogP contribution is -2.21. The van der Waals surface area contributed by atoms with Gasteiger partial charge in [0.2, 0.25) is 0 Å². The summed E-state index contributed by atoms with van der Waals surface area (Å²) in [6.45, 7) is 4.54. The van der Waals surface area contributed by atoms with E-state index in [1.165, 1.54) is 5.56 Å². The van der Waals surface area contributed by atoms with Gasteiger partial charge in [0.25, 0.3) is 0 Å². The fourth-order valence-corrected chi connectivity index (χ4v) is 3.41. The Balaban J connectivity index is 1.59. The van der Waals surface area contributed by atoms with Crippen LogP contribution in [0.2, 0.25) is 0 Å². The minimum atomic E-state index is -0.247. The molecule has 106 valence electrons. The van der Waals surface area contributed by atoms with Gasteiger partial charge < -0.3 is 5.11 Å². The van der Waals surface area contributed by atoms with Crippen molar-refractivity contribution in [3.63, 3.8) is 0 Å². The maximum atomic E-state index is 10.2. The molecular weight excluding hydrogens is 270 g/mol. The van der Waals surface area contributed by atoms with E-state index >= 15 is 0 Å². The minimum Gasteiger partial charge on any atom is -0.391 e. The molecule has 0 radical (unpaired) electrons. The molecule has 0 aromatic carbocycles. The molecule has 0 spiro atoms. The van der Waals surface area contributed by atoms with Crippen LogP contribution in [0.3, 0.4) is 0 Å². The van der Waals surface area contributed by atoms with Crippen LogP contribution in [0.4, 0.5) is 0 Å². The summed E-state index contributed by atoms with van der Waals surface area (Å²) >= 11 is 1.68. The maximum absolute atomic E-state index is 10.2. The van der Waals surface area contributed by atoms with Gasteiger partial charge in [0.1, 0.15) is 0 Å². The van der Waals surface area contributed by atoms with Crippen molar-refractivity contribution in [3.8, 4) is 0 Å². The first-order valence-corrected chi connectivity index (χ1v) is 7.79. The minimum absolute atomic E-state index is 0.247. The van der Waals surface area contributed by atoms with Crippen LogP contribution in [0.5, 0.6) is 0 Å². The number of hydrogen-bond donors (Lipinski definition) is 1. The Morgan fingerprint density at radius 1 is 1.35 bits per heavy atom. The fraction of sp³-hybridized carbons (Fsp3) is 0.467. The average Bonchev–Trinajstić information content (AvgIpc) is 2.98. The number of likely N-dealkylation sites (tertiary alicyclic amines) is 1. The van der Waals surface area contributed by atoms with Gasteiger partial charge in [-0.3, -0.25) is 9.88 Å². The van der Waals surface area contributed by atoms with Crippen molar-refractivity contribution in [2.75, 3.05) is 13.1 Å². The summed E-state index contributed by atoms with van der Waals surface area (Å²) in [6, 6.07) is 4.05. The number of aromatic nitrogens is 2. The molecule has 0 aliphatic carbocycles. The molecule has 1 N–H and O–H groups in total.